The van der Waals surface area contributed by atoms with Crippen molar-refractivity contribution in [1.82, 2.24) is 19.7 Å². The number of anilines is 1. The molecule has 3 aromatic heterocycles. The van der Waals surface area contributed by atoms with E-state index in [0.717, 1.165) is 11.1 Å². The Hall–Kier alpha value is -3.17. The van der Waals surface area contributed by atoms with Gasteiger partial charge in [-0.1, -0.05) is 13.8 Å². The highest BCUT2D eigenvalue weighted by atomic mass is 19.4. The number of nitrogens with zero attached hydrogens (tertiary/aromatic N) is 4. The van der Waals surface area contributed by atoms with Gasteiger partial charge < -0.3 is 10.1 Å². The van der Waals surface area contributed by atoms with Crippen molar-refractivity contribution < 1.29 is 22.7 Å². The van der Waals surface area contributed by atoms with Gasteiger partial charge in [0.15, 0.2) is 6.61 Å². The van der Waals surface area contributed by atoms with Crippen LogP contribution in [0.5, 0.6) is 5.88 Å². The normalized spacial score (nSPS) is 11.9. The average molecular weight is 421 g/mol. The summed E-state index contributed by atoms with van der Waals surface area (Å²) in [7, 11) is 0. The van der Waals surface area contributed by atoms with Gasteiger partial charge in [-0.3, -0.25) is 9.48 Å². The van der Waals surface area contributed by atoms with Crippen LogP contribution in [0.2, 0.25) is 0 Å². The lowest BCUT2D eigenvalue weighted by Crippen LogP contribution is -2.20. The zero-order chi connectivity index (χ0) is 22.1. The number of alkyl halides is 3. The predicted molar refractivity (Wildman–Crippen MR) is 105 cm³/mol. The van der Waals surface area contributed by atoms with Gasteiger partial charge in [0.25, 0.3) is 0 Å². The van der Waals surface area contributed by atoms with Crippen molar-refractivity contribution in [2.24, 2.45) is 5.92 Å². The molecule has 0 spiro atoms. The van der Waals surface area contributed by atoms with Gasteiger partial charge in [-0.15, -0.1) is 0 Å². The Morgan fingerprint density at radius 2 is 1.93 bits per heavy atom. The first-order valence-corrected chi connectivity index (χ1v) is 9.32. The Kier molecular flexibility index (Phi) is 5.95. The molecule has 160 valence electrons. The summed E-state index contributed by atoms with van der Waals surface area (Å²) >= 11 is 0. The van der Waals surface area contributed by atoms with Gasteiger partial charge in [0, 0.05) is 30.1 Å². The summed E-state index contributed by atoms with van der Waals surface area (Å²) in [6, 6.07) is 1.71. The molecule has 0 unspecified atom stereocenters. The van der Waals surface area contributed by atoms with E-state index in [2.05, 4.69) is 20.4 Å². The Balaban J connectivity index is 1.83. The van der Waals surface area contributed by atoms with Gasteiger partial charge in [-0.25, -0.2) is 9.97 Å². The van der Waals surface area contributed by atoms with E-state index in [1.54, 1.807) is 43.9 Å². The molecule has 0 aliphatic rings. The van der Waals surface area contributed by atoms with Gasteiger partial charge >= 0.3 is 6.18 Å². The van der Waals surface area contributed by atoms with Gasteiger partial charge in [-0.2, -0.15) is 18.3 Å². The smallest absolute Gasteiger partial charge is 0.422 e. The van der Waals surface area contributed by atoms with Crippen LogP contribution < -0.4 is 10.1 Å². The maximum Gasteiger partial charge on any atom is 0.422 e. The number of hydrogen-bond acceptors (Lipinski definition) is 5. The molecule has 0 fully saturated rings. The van der Waals surface area contributed by atoms with Crippen LogP contribution in [0.4, 0.5) is 19.0 Å². The number of ether oxygens (including phenoxy) is 1. The number of halogens is 3. The minimum absolute atomic E-state index is 0.0552. The number of aromatic nitrogens is 4. The van der Waals surface area contributed by atoms with Crippen molar-refractivity contribution in [3.8, 4) is 5.88 Å². The highest BCUT2D eigenvalue weighted by Gasteiger charge is 2.29. The number of aryl methyl sites for hydroxylation is 2. The lowest BCUT2D eigenvalue weighted by Gasteiger charge is -2.11. The third-order valence-corrected chi connectivity index (χ3v) is 4.35. The van der Waals surface area contributed by atoms with Crippen molar-refractivity contribution in [3.05, 3.63) is 41.3 Å². The topological polar surface area (TPSA) is 81.9 Å². The first-order valence-electron chi connectivity index (χ1n) is 9.32. The summed E-state index contributed by atoms with van der Waals surface area (Å²) in [5.41, 5.74) is 2.81. The second kappa shape index (κ2) is 8.29. The molecule has 7 nitrogen and oxygen atoms in total. The highest BCUT2D eigenvalue weighted by molar-refractivity contribution is 6.00. The largest absolute Gasteiger partial charge is 0.468 e. The van der Waals surface area contributed by atoms with Crippen LogP contribution in [0.15, 0.2) is 24.7 Å². The molecule has 0 saturated carbocycles. The van der Waals surface area contributed by atoms with Crippen LogP contribution in [0.3, 0.4) is 0 Å². The molecule has 1 N–H and O–H groups in total. The molecule has 30 heavy (non-hydrogen) atoms. The molecule has 3 aromatic rings. The van der Waals surface area contributed by atoms with Gasteiger partial charge in [0.1, 0.15) is 11.3 Å². The fourth-order valence-electron chi connectivity index (χ4n) is 2.81. The van der Waals surface area contributed by atoms with E-state index in [-0.39, 0.29) is 17.7 Å². The van der Waals surface area contributed by atoms with E-state index < -0.39 is 12.8 Å². The number of pyridine rings is 2. The van der Waals surface area contributed by atoms with Crippen LogP contribution in [0.1, 0.15) is 30.5 Å². The van der Waals surface area contributed by atoms with Gasteiger partial charge in [0.05, 0.1) is 11.9 Å². The van der Waals surface area contributed by atoms with Crippen LogP contribution in [0.25, 0.3) is 10.9 Å². The maximum absolute atomic E-state index is 12.3. The molecule has 0 radical (unpaired) electrons. The molecule has 0 bridgehead atoms. The molecule has 10 heteroatoms. The van der Waals surface area contributed by atoms with Crippen LogP contribution in [-0.4, -0.2) is 38.4 Å². The maximum atomic E-state index is 12.3. The molecule has 0 aliphatic heterocycles. The van der Waals surface area contributed by atoms with Crippen molar-refractivity contribution in [2.75, 3.05) is 11.9 Å². The molecule has 3 rings (SSSR count). The van der Waals surface area contributed by atoms with Crippen LogP contribution in [-0.2, 0) is 11.3 Å². The summed E-state index contributed by atoms with van der Waals surface area (Å²) < 4.78 is 43.4. The van der Waals surface area contributed by atoms with E-state index in [4.69, 9.17) is 4.74 Å². The Morgan fingerprint density at radius 1 is 1.20 bits per heavy atom. The molecule has 1 amide bonds. The standard InChI is InChI=1S/C20H22F3N5O2/c1-11(2)18(29)26-17-15-9-28(27-16(15)13(4)6-24-17)8-14-5-12(3)19(25-7-14)30-10-20(21,22)23/h5-7,9,11H,8,10H2,1-4H3,(H,24,26,29). The molecular weight excluding hydrogens is 399 g/mol. The summed E-state index contributed by atoms with van der Waals surface area (Å²) in [5, 5.41) is 8.07. The Morgan fingerprint density at radius 3 is 2.57 bits per heavy atom. The quantitative estimate of drug-likeness (QED) is 0.650. The SMILES string of the molecule is Cc1cc(Cn2cc3c(NC(=O)C(C)C)ncc(C)c3n2)cnc1OCC(F)(F)F. The van der Waals surface area contributed by atoms with E-state index in [1.807, 2.05) is 6.92 Å². The highest BCUT2D eigenvalue weighted by Crippen LogP contribution is 2.25. The zero-order valence-electron chi connectivity index (χ0n) is 17.0. The van der Waals surface area contributed by atoms with Crippen molar-refractivity contribution in [3.63, 3.8) is 0 Å². The van der Waals surface area contributed by atoms with E-state index in [1.165, 1.54) is 6.20 Å². The van der Waals surface area contributed by atoms with Crippen molar-refractivity contribution in [2.45, 2.75) is 40.4 Å². The van der Waals surface area contributed by atoms with Crippen molar-refractivity contribution in [1.29, 1.82) is 0 Å². The van der Waals surface area contributed by atoms with E-state index >= 15 is 0 Å². The van der Waals surface area contributed by atoms with E-state index in [9.17, 15) is 18.0 Å². The summed E-state index contributed by atoms with van der Waals surface area (Å²) in [5.74, 6) is 0.0474. The fourth-order valence-corrected chi connectivity index (χ4v) is 2.81. The summed E-state index contributed by atoms with van der Waals surface area (Å²) in [6.45, 7) is 6.05. The summed E-state index contributed by atoms with van der Waals surface area (Å²) in [4.78, 5) is 20.4. The number of nitrogens with one attached hydrogen (secondary N) is 1. The Bertz CT molecular complexity index is 1080. The number of carbonyl (C=O) groups excluding carboxylic acids is 1. The first kappa shape index (κ1) is 21.5. The molecular formula is C20H22F3N5O2. The number of carbonyl (C=O) groups is 1. The Labute approximate surface area is 171 Å². The fraction of sp³-hybridized carbons (Fsp3) is 0.400. The van der Waals surface area contributed by atoms with Gasteiger partial charge in [0.2, 0.25) is 11.8 Å². The summed E-state index contributed by atoms with van der Waals surface area (Å²) in [6.07, 6.45) is 0.455. The zero-order valence-corrected chi connectivity index (χ0v) is 17.0. The average Bonchev–Trinajstić information content (AvgIpc) is 3.07. The lowest BCUT2D eigenvalue weighted by molar-refractivity contribution is -0.154. The lowest BCUT2D eigenvalue weighted by atomic mass is 10.2. The number of hydrogen-bond donors (Lipinski definition) is 1. The van der Waals surface area contributed by atoms with E-state index in [0.29, 0.717) is 28.8 Å². The minimum Gasteiger partial charge on any atom is -0.468 e. The third-order valence-electron chi connectivity index (χ3n) is 4.35. The molecule has 3 heterocycles. The molecule has 0 saturated heterocycles. The van der Waals surface area contributed by atoms with Gasteiger partial charge in [-0.05, 0) is 31.0 Å². The minimum atomic E-state index is -4.42. The molecule has 0 atom stereocenters. The number of fused-ring (bicyclic) bond motifs is 1. The van der Waals surface area contributed by atoms with Crippen LogP contribution in [0, 0.1) is 19.8 Å². The predicted octanol–water partition coefficient (Wildman–Crippen LogP) is 4.03. The van der Waals surface area contributed by atoms with Crippen molar-refractivity contribution >= 4 is 22.6 Å². The monoisotopic (exact) mass is 421 g/mol. The first-order chi connectivity index (χ1) is 14.0. The molecule has 0 aromatic carbocycles. The van der Waals surface area contributed by atoms with Crippen LogP contribution >= 0.6 is 0 Å². The molecule has 0 aliphatic carbocycles. The number of rotatable bonds is 6. The second-order valence-electron chi connectivity index (χ2n) is 7.39. The number of amides is 1. The third kappa shape index (κ3) is 5.05. The second-order valence-corrected chi connectivity index (χ2v) is 7.39.